The van der Waals surface area contributed by atoms with Crippen molar-refractivity contribution in [2.75, 3.05) is 18.0 Å². The lowest BCUT2D eigenvalue weighted by Gasteiger charge is -2.15. The van der Waals surface area contributed by atoms with Crippen LogP contribution in [-0.2, 0) is 6.18 Å². The lowest BCUT2D eigenvalue weighted by Crippen LogP contribution is -2.22. The van der Waals surface area contributed by atoms with Gasteiger partial charge < -0.3 is 4.90 Å². The third-order valence-electron chi connectivity index (χ3n) is 2.40. The minimum absolute atomic E-state index is 0.0316. The molecule has 1 unspecified atom stereocenters. The monoisotopic (exact) mass is 251 g/mol. The quantitative estimate of drug-likeness (QED) is 0.718. The predicted molar refractivity (Wildman–Crippen MR) is 53.5 cm³/mol. The fourth-order valence-electron chi connectivity index (χ4n) is 1.57. The summed E-state index contributed by atoms with van der Waals surface area (Å²) in [5.41, 5.74) is -0.974. The zero-order valence-corrected chi connectivity index (χ0v) is 8.96. The van der Waals surface area contributed by atoms with Gasteiger partial charge in [-0.25, -0.2) is 0 Å². The van der Waals surface area contributed by atoms with Crippen LogP contribution in [0.3, 0.4) is 0 Å². The highest BCUT2D eigenvalue weighted by Crippen LogP contribution is 2.28. The van der Waals surface area contributed by atoms with Gasteiger partial charge in [0.1, 0.15) is 0 Å². The van der Waals surface area contributed by atoms with Gasteiger partial charge in [-0.05, 0) is 18.6 Å². The van der Waals surface area contributed by atoms with Gasteiger partial charge in [0.2, 0.25) is 0 Å². The molecule has 1 fully saturated rings. The van der Waals surface area contributed by atoms with Crippen molar-refractivity contribution in [3.63, 3.8) is 0 Å². The summed E-state index contributed by atoms with van der Waals surface area (Å²) in [6, 6.07) is 2.26. The van der Waals surface area contributed by atoms with Crippen molar-refractivity contribution in [2.45, 2.75) is 18.0 Å². The summed E-state index contributed by atoms with van der Waals surface area (Å²) in [4.78, 5) is 1.82. The number of nitrogens with zero attached hydrogens (tertiary/aromatic N) is 3. The molecule has 1 atom stereocenters. The molecule has 1 saturated heterocycles. The van der Waals surface area contributed by atoms with E-state index in [1.54, 1.807) is 0 Å². The van der Waals surface area contributed by atoms with Gasteiger partial charge in [0.25, 0.3) is 0 Å². The summed E-state index contributed by atoms with van der Waals surface area (Å²) in [6.07, 6.45) is -3.63. The van der Waals surface area contributed by atoms with Crippen molar-refractivity contribution in [3.8, 4) is 0 Å². The van der Waals surface area contributed by atoms with Crippen LogP contribution in [0.25, 0.3) is 0 Å². The number of halogens is 4. The van der Waals surface area contributed by atoms with Crippen molar-refractivity contribution in [1.82, 2.24) is 10.2 Å². The molecular weight excluding hydrogens is 243 g/mol. The molecule has 88 valence electrons. The van der Waals surface area contributed by atoms with E-state index < -0.39 is 11.9 Å². The van der Waals surface area contributed by atoms with Crippen LogP contribution < -0.4 is 4.90 Å². The Hall–Kier alpha value is -1.04. The van der Waals surface area contributed by atoms with Gasteiger partial charge in [-0.15, -0.1) is 21.8 Å². The lowest BCUT2D eigenvalue weighted by atomic mass is 10.3. The number of aromatic nitrogens is 2. The van der Waals surface area contributed by atoms with E-state index in [1.165, 1.54) is 6.07 Å². The van der Waals surface area contributed by atoms with E-state index in [9.17, 15) is 13.2 Å². The molecule has 16 heavy (non-hydrogen) atoms. The Morgan fingerprint density at radius 3 is 2.50 bits per heavy atom. The average molecular weight is 252 g/mol. The molecule has 3 nitrogen and oxygen atoms in total. The molecule has 0 saturated carbocycles. The highest BCUT2D eigenvalue weighted by Gasteiger charge is 2.33. The summed E-state index contributed by atoms with van der Waals surface area (Å²) < 4.78 is 36.7. The first-order valence-corrected chi connectivity index (χ1v) is 5.20. The number of hydrogen-bond donors (Lipinski definition) is 0. The van der Waals surface area contributed by atoms with Crippen LogP contribution in [0.5, 0.6) is 0 Å². The maximum atomic E-state index is 12.2. The van der Waals surface area contributed by atoms with Crippen LogP contribution in [-0.4, -0.2) is 28.7 Å². The molecule has 0 spiro atoms. The number of anilines is 1. The Bertz CT molecular complexity index is 365. The summed E-state index contributed by atoms with van der Waals surface area (Å²) >= 11 is 5.89. The molecule has 0 aliphatic carbocycles. The smallest absolute Gasteiger partial charge is 0.354 e. The van der Waals surface area contributed by atoms with E-state index in [-0.39, 0.29) is 5.38 Å². The SMILES string of the molecule is FC(F)(F)c1ccc(N2CCC(Cl)C2)nn1. The van der Waals surface area contributed by atoms with Crippen molar-refractivity contribution in [3.05, 3.63) is 17.8 Å². The van der Waals surface area contributed by atoms with Crippen molar-refractivity contribution in [1.29, 1.82) is 0 Å². The zero-order chi connectivity index (χ0) is 11.8. The zero-order valence-electron chi connectivity index (χ0n) is 8.21. The second-order valence-corrected chi connectivity index (χ2v) is 4.22. The average Bonchev–Trinajstić information content (AvgIpc) is 2.64. The molecular formula is C9H9ClF3N3. The highest BCUT2D eigenvalue weighted by atomic mass is 35.5. The molecule has 1 aliphatic heterocycles. The molecule has 2 rings (SSSR count). The van der Waals surface area contributed by atoms with E-state index in [1.807, 2.05) is 4.90 Å². The van der Waals surface area contributed by atoms with Crippen LogP contribution in [0.4, 0.5) is 19.0 Å². The van der Waals surface area contributed by atoms with Gasteiger partial charge >= 0.3 is 6.18 Å². The maximum Gasteiger partial charge on any atom is 0.435 e. The Morgan fingerprint density at radius 1 is 1.31 bits per heavy atom. The van der Waals surface area contributed by atoms with Gasteiger partial charge in [0.05, 0.1) is 5.38 Å². The van der Waals surface area contributed by atoms with Crippen molar-refractivity contribution < 1.29 is 13.2 Å². The molecule has 1 aliphatic rings. The molecule has 0 N–H and O–H groups in total. The van der Waals surface area contributed by atoms with Crippen LogP contribution in [0.2, 0.25) is 0 Å². The van der Waals surface area contributed by atoms with Gasteiger partial charge in [-0.3, -0.25) is 0 Å². The topological polar surface area (TPSA) is 29.0 Å². The third-order valence-corrected chi connectivity index (χ3v) is 2.75. The number of alkyl halides is 4. The standard InChI is InChI=1S/C9H9ClF3N3/c10-6-3-4-16(5-6)8-2-1-7(14-15-8)9(11,12)13/h1-2,6H,3-5H2. The lowest BCUT2D eigenvalue weighted by molar-refractivity contribution is -0.141. The Labute approximate surface area is 95.2 Å². The van der Waals surface area contributed by atoms with Gasteiger partial charge in [-0.2, -0.15) is 13.2 Å². The first-order chi connectivity index (χ1) is 7.47. The molecule has 7 heteroatoms. The Kier molecular flexibility index (Phi) is 2.92. The Morgan fingerprint density at radius 2 is 2.06 bits per heavy atom. The second kappa shape index (κ2) is 4.08. The summed E-state index contributed by atoms with van der Waals surface area (Å²) in [6.45, 7) is 1.30. The molecule has 0 aromatic carbocycles. The summed E-state index contributed by atoms with van der Waals surface area (Å²) in [7, 11) is 0. The third kappa shape index (κ3) is 2.37. The molecule has 0 amide bonds. The minimum atomic E-state index is -4.44. The van der Waals surface area contributed by atoms with Gasteiger partial charge in [0.15, 0.2) is 11.5 Å². The van der Waals surface area contributed by atoms with Crippen LogP contribution in [0.1, 0.15) is 12.1 Å². The second-order valence-electron chi connectivity index (χ2n) is 3.61. The fourth-order valence-corrected chi connectivity index (χ4v) is 1.83. The largest absolute Gasteiger partial charge is 0.435 e. The first-order valence-electron chi connectivity index (χ1n) is 4.77. The van der Waals surface area contributed by atoms with E-state index in [4.69, 9.17) is 11.6 Å². The van der Waals surface area contributed by atoms with Gasteiger partial charge in [-0.1, -0.05) is 0 Å². The van der Waals surface area contributed by atoms with E-state index in [2.05, 4.69) is 10.2 Å². The number of hydrogen-bond acceptors (Lipinski definition) is 3. The Balaban J connectivity index is 2.14. The first kappa shape index (κ1) is 11.4. The highest BCUT2D eigenvalue weighted by molar-refractivity contribution is 6.21. The molecule has 0 radical (unpaired) electrons. The van der Waals surface area contributed by atoms with E-state index in [0.717, 1.165) is 12.5 Å². The van der Waals surface area contributed by atoms with E-state index >= 15 is 0 Å². The van der Waals surface area contributed by atoms with E-state index in [0.29, 0.717) is 18.9 Å². The maximum absolute atomic E-state index is 12.2. The molecule has 1 aromatic rings. The van der Waals surface area contributed by atoms with Gasteiger partial charge in [0, 0.05) is 13.1 Å². The summed E-state index contributed by atoms with van der Waals surface area (Å²) in [5.74, 6) is 0.441. The van der Waals surface area contributed by atoms with Crippen molar-refractivity contribution in [2.24, 2.45) is 0 Å². The minimum Gasteiger partial charge on any atom is -0.354 e. The number of rotatable bonds is 1. The summed E-state index contributed by atoms with van der Waals surface area (Å²) in [5, 5.41) is 6.75. The van der Waals surface area contributed by atoms with Crippen LogP contribution >= 0.6 is 11.6 Å². The van der Waals surface area contributed by atoms with Crippen LogP contribution in [0.15, 0.2) is 12.1 Å². The molecule has 2 heterocycles. The molecule has 0 bridgehead atoms. The molecule has 1 aromatic heterocycles. The van der Waals surface area contributed by atoms with Crippen LogP contribution in [0, 0.1) is 0 Å². The van der Waals surface area contributed by atoms with Crippen molar-refractivity contribution >= 4 is 17.4 Å². The fraction of sp³-hybridized carbons (Fsp3) is 0.556. The predicted octanol–water partition coefficient (Wildman–Crippen LogP) is 2.31. The normalized spacial score (nSPS) is 21.5.